The minimum atomic E-state index is 0.0596. The van der Waals surface area contributed by atoms with Crippen LogP contribution in [-0.4, -0.2) is 22.1 Å². The lowest BCUT2D eigenvalue weighted by atomic mass is 10.9. The molecule has 1 aromatic rings. The van der Waals surface area contributed by atoms with Crippen LogP contribution in [-0.2, 0) is 0 Å². The Bertz CT molecular complexity index is 217. The van der Waals surface area contributed by atoms with Gasteiger partial charge < -0.3 is 16.2 Å². The van der Waals surface area contributed by atoms with E-state index in [-0.39, 0.29) is 17.9 Å². The molecule has 54 valence electrons. The van der Waals surface area contributed by atoms with Gasteiger partial charge in [-0.3, -0.25) is 0 Å². The highest BCUT2D eigenvalue weighted by molar-refractivity contribution is 5.27. The fraction of sp³-hybridized carbons (Fsp3) is 0.250. The van der Waals surface area contributed by atoms with Gasteiger partial charge in [0.2, 0.25) is 11.9 Å². The number of anilines is 2. The molecule has 0 atom stereocenters. The van der Waals surface area contributed by atoms with Gasteiger partial charge in [0.15, 0.2) is 0 Å². The molecule has 1 rings (SSSR count). The van der Waals surface area contributed by atoms with Gasteiger partial charge in [0.05, 0.1) is 7.11 Å². The normalized spacial score (nSPS) is 9.30. The lowest BCUT2D eigenvalue weighted by Gasteiger charge is -1.97. The molecular formula is C4H7N5O. The first-order valence-corrected chi connectivity index (χ1v) is 2.53. The Morgan fingerprint density at radius 2 is 1.60 bits per heavy atom. The van der Waals surface area contributed by atoms with E-state index < -0.39 is 0 Å². The van der Waals surface area contributed by atoms with E-state index in [2.05, 4.69) is 19.7 Å². The van der Waals surface area contributed by atoms with Crippen LogP contribution in [0, 0.1) is 0 Å². The Labute approximate surface area is 57.2 Å². The minimum absolute atomic E-state index is 0.0596. The van der Waals surface area contributed by atoms with Crippen molar-refractivity contribution in [1.29, 1.82) is 0 Å². The molecule has 0 aliphatic heterocycles. The van der Waals surface area contributed by atoms with E-state index in [0.717, 1.165) is 0 Å². The Morgan fingerprint density at radius 1 is 1.10 bits per heavy atom. The third-order valence-corrected chi connectivity index (χ3v) is 0.832. The van der Waals surface area contributed by atoms with Gasteiger partial charge in [-0.1, -0.05) is 0 Å². The average Bonchev–Trinajstić information content (AvgIpc) is 1.85. The number of hydrogen-bond donors (Lipinski definition) is 2. The van der Waals surface area contributed by atoms with Gasteiger partial charge in [-0.2, -0.15) is 15.0 Å². The van der Waals surface area contributed by atoms with Crippen molar-refractivity contribution in [2.24, 2.45) is 0 Å². The first kappa shape index (κ1) is 6.53. The summed E-state index contributed by atoms with van der Waals surface area (Å²) >= 11 is 0. The third-order valence-electron chi connectivity index (χ3n) is 0.832. The van der Waals surface area contributed by atoms with Crippen molar-refractivity contribution in [2.75, 3.05) is 18.6 Å². The van der Waals surface area contributed by atoms with Gasteiger partial charge in [-0.05, 0) is 0 Å². The third kappa shape index (κ3) is 1.22. The molecule has 0 aromatic carbocycles. The largest absolute Gasteiger partial charge is 0.467 e. The summed E-state index contributed by atoms with van der Waals surface area (Å²) in [6, 6.07) is 0.130. The maximum atomic E-state index is 5.21. The standard InChI is InChI=1S/C4H7N5O/c1-10-4-8-2(5)7-3(6)9-4/h1H3,(H4,5,6,7,8,9). The summed E-state index contributed by atoms with van der Waals surface area (Å²) in [6.45, 7) is 0. The molecule has 1 heterocycles. The Morgan fingerprint density at radius 3 is 2.00 bits per heavy atom. The second kappa shape index (κ2) is 2.34. The molecule has 10 heavy (non-hydrogen) atoms. The van der Waals surface area contributed by atoms with E-state index in [0.29, 0.717) is 0 Å². The Hall–Kier alpha value is -1.59. The zero-order chi connectivity index (χ0) is 7.56. The number of ether oxygens (including phenoxy) is 1. The molecular weight excluding hydrogens is 134 g/mol. The van der Waals surface area contributed by atoms with Crippen molar-refractivity contribution in [3.63, 3.8) is 0 Å². The number of nitrogens with zero attached hydrogens (tertiary/aromatic N) is 3. The number of rotatable bonds is 1. The SMILES string of the molecule is COc1nc(N)nc(N)n1. The summed E-state index contributed by atoms with van der Waals surface area (Å²) in [5.41, 5.74) is 10.4. The topological polar surface area (TPSA) is 99.9 Å². The molecule has 0 saturated heterocycles. The van der Waals surface area contributed by atoms with Crippen LogP contribution in [0.5, 0.6) is 6.01 Å². The van der Waals surface area contributed by atoms with Gasteiger partial charge >= 0.3 is 6.01 Å². The maximum Gasteiger partial charge on any atom is 0.322 e. The molecule has 4 N–H and O–H groups in total. The van der Waals surface area contributed by atoms with Crippen LogP contribution in [0.2, 0.25) is 0 Å². The highest BCUT2D eigenvalue weighted by atomic mass is 16.5. The summed E-state index contributed by atoms with van der Waals surface area (Å²) < 4.78 is 4.65. The molecule has 0 aliphatic carbocycles. The number of hydrogen-bond acceptors (Lipinski definition) is 6. The van der Waals surface area contributed by atoms with E-state index in [9.17, 15) is 0 Å². The zero-order valence-corrected chi connectivity index (χ0v) is 5.40. The fourth-order valence-corrected chi connectivity index (χ4v) is 0.480. The van der Waals surface area contributed by atoms with Crippen LogP contribution in [0.3, 0.4) is 0 Å². The fourth-order valence-electron chi connectivity index (χ4n) is 0.480. The van der Waals surface area contributed by atoms with Gasteiger partial charge in [0, 0.05) is 0 Å². The molecule has 6 nitrogen and oxygen atoms in total. The second-order valence-corrected chi connectivity index (χ2v) is 1.54. The van der Waals surface area contributed by atoms with Crippen LogP contribution in [0.4, 0.5) is 11.9 Å². The summed E-state index contributed by atoms with van der Waals surface area (Å²) in [5, 5.41) is 0. The van der Waals surface area contributed by atoms with Gasteiger partial charge in [0.25, 0.3) is 0 Å². The highest BCUT2D eigenvalue weighted by Crippen LogP contribution is 2.03. The quantitative estimate of drug-likeness (QED) is 0.522. The molecule has 6 heteroatoms. The second-order valence-electron chi connectivity index (χ2n) is 1.54. The Balaban J connectivity index is 3.06. The van der Waals surface area contributed by atoms with Crippen LogP contribution in [0.25, 0.3) is 0 Å². The van der Waals surface area contributed by atoms with Crippen molar-refractivity contribution in [3.05, 3.63) is 0 Å². The summed E-state index contributed by atoms with van der Waals surface area (Å²) in [5.74, 6) is 0.119. The molecule has 0 amide bonds. The van der Waals surface area contributed by atoms with Crippen molar-refractivity contribution in [2.45, 2.75) is 0 Å². The minimum Gasteiger partial charge on any atom is -0.467 e. The van der Waals surface area contributed by atoms with E-state index >= 15 is 0 Å². The predicted molar refractivity (Wildman–Crippen MR) is 35.2 cm³/mol. The summed E-state index contributed by atoms with van der Waals surface area (Å²) in [7, 11) is 1.42. The predicted octanol–water partition coefficient (Wildman–Crippen LogP) is -0.955. The molecule has 0 aliphatic rings. The highest BCUT2D eigenvalue weighted by Gasteiger charge is 1.98. The Kier molecular flexibility index (Phi) is 1.53. The van der Waals surface area contributed by atoms with Crippen molar-refractivity contribution >= 4 is 11.9 Å². The molecule has 0 saturated carbocycles. The lowest BCUT2D eigenvalue weighted by Crippen LogP contribution is -2.04. The van der Waals surface area contributed by atoms with Gasteiger partial charge in [0.1, 0.15) is 0 Å². The number of aromatic nitrogens is 3. The summed E-state index contributed by atoms with van der Waals surface area (Å²) in [4.78, 5) is 10.7. The van der Waals surface area contributed by atoms with E-state index in [1.54, 1.807) is 0 Å². The first-order valence-electron chi connectivity index (χ1n) is 2.53. The molecule has 0 unspecified atom stereocenters. The maximum absolute atomic E-state index is 5.21. The number of nitrogen functional groups attached to an aromatic ring is 2. The molecule has 1 aromatic heterocycles. The van der Waals surface area contributed by atoms with Crippen molar-refractivity contribution < 1.29 is 4.74 Å². The van der Waals surface area contributed by atoms with Crippen LogP contribution >= 0.6 is 0 Å². The molecule has 0 bridgehead atoms. The van der Waals surface area contributed by atoms with Gasteiger partial charge in [-0.15, -0.1) is 0 Å². The number of methoxy groups -OCH3 is 1. The first-order chi connectivity index (χ1) is 4.72. The van der Waals surface area contributed by atoms with Crippen molar-refractivity contribution in [3.8, 4) is 6.01 Å². The summed E-state index contributed by atoms with van der Waals surface area (Å²) in [6.07, 6.45) is 0. The van der Waals surface area contributed by atoms with Crippen molar-refractivity contribution in [1.82, 2.24) is 15.0 Å². The van der Waals surface area contributed by atoms with Crippen LogP contribution in [0.15, 0.2) is 0 Å². The van der Waals surface area contributed by atoms with E-state index in [1.165, 1.54) is 7.11 Å². The lowest BCUT2D eigenvalue weighted by molar-refractivity contribution is 0.380. The molecule has 0 spiro atoms. The monoisotopic (exact) mass is 141 g/mol. The average molecular weight is 141 g/mol. The zero-order valence-electron chi connectivity index (χ0n) is 5.40. The van der Waals surface area contributed by atoms with Gasteiger partial charge in [-0.25, -0.2) is 0 Å². The van der Waals surface area contributed by atoms with Crippen LogP contribution in [0.1, 0.15) is 0 Å². The smallest absolute Gasteiger partial charge is 0.322 e. The molecule has 0 radical (unpaired) electrons. The number of nitrogens with two attached hydrogens (primary N) is 2. The van der Waals surface area contributed by atoms with E-state index in [4.69, 9.17) is 11.5 Å². The van der Waals surface area contributed by atoms with Crippen LogP contribution < -0.4 is 16.2 Å². The molecule has 0 fully saturated rings. The van der Waals surface area contributed by atoms with E-state index in [1.807, 2.05) is 0 Å².